The lowest BCUT2D eigenvalue weighted by molar-refractivity contribution is 0.292. The van der Waals surface area contributed by atoms with Crippen LogP contribution in [0.15, 0.2) is 6.33 Å². The van der Waals surface area contributed by atoms with Gasteiger partial charge >= 0.3 is 0 Å². The minimum Gasteiger partial charge on any atom is -0.476 e. The molecule has 2 heterocycles. The maximum absolute atomic E-state index is 5.76. The first-order valence-corrected chi connectivity index (χ1v) is 6.44. The van der Waals surface area contributed by atoms with Crippen LogP contribution in [-0.2, 0) is 0 Å². The average Bonchev–Trinajstić information content (AvgIpc) is 3.09. The smallest absolute Gasteiger partial charge is 0.245 e. The van der Waals surface area contributed by atoms with Crippen molar-refractivity contribution in [3.63, 3.8) is 0 Å². The van der Waals surface area contributed by atoms with Gasteiger partial charge < -0.3 is 15.0 Å². The van der Waals surface area contributed by atoms with Crippen molar-refractivity contribution in [2.75, 3.05) is 18.5 Å². The number of nitrogens with zero attached hydrogens (tertiary/aromatic N) is 3. The van der Waals surface area contributed by atoms with Crippen LogP contribution in [0.1, 0.15) is 26.2 Å². The number of hydrogen-bond donors (Lipinski definition) is 2. The molecule has 0 amide bonds. The van der Waals surface area contributed by atoms with Gasteiger partial charge in [-0.3, -0.25) is 0 Å². The highest BCUT2D eigenvalue weighted by Gasteiger charge is 2.23. The van der Waals surface area contributed by atoms with E-state index in [2.05, 4.69) is 32.2 Å². The van der Waals surface area contributed by atoms with Crippen molar-refractivity contribution in [1.29, 1.82) is 0 Å². The number of nitrogens with one attached hydrogen (secondary N) is 2. The van der Waals surface area contributed by atoms with E-state index in [1.54, 1.807) is 6.33 Å². The molecule has 0 radical (unpaired) electrons. The second-order valence-electron chi connectivity index (χ2n) is 4.63. The second kappa shape index (κ2) is 4.80. The van der Waals surface area contributed by atoms with Gasteiger partial charge in [-0.15, -0.1) is 0 Å². The third-order valence-corrected chi connectivity index (χ3v) is 2.94. The van der Waals surface area contributed by atoms with Crippen LogP contribution in [-0.4, -0.2) is 33.1 Å². The summed E-state index contributed by atoms with van der Waals surface area (Å²) in [5.74, 6) is 1.88. The third kappa shape index (κ3) is 2.37. The van der Waals surface area contributed by atoms with Crippen LogP contribution in [0.3, 0.4) is 0 Å². The minimum absolute atomic E-state index is 0.585. The Morgan fingerprint density at radius 2 is 2.33 bits per heavy atom. The molecule has 18 heavy (non-hydrogen) atoms. The lowest BCUT2D eigenvalue weighted by atomic mass is 10.4. The molecule has 0 spiro atoms. The molecule has 3 rings (SSSR count). The summed E-state index contributed by atoms with van der Waals surface area (Å²) in [5.41, 5.74) is 1.42. The lowest BCUT2D eigenvalue weighted by Crippen LogP contribution is -2.07. The number of aromatic nitrogens is 4. The fraction of sp³-hybridized carbons (Fsp3) is 0.583. The van der Waals surface area contributed by atoms with Crippen molar-refractivity contribution in [2.45, 2.75) is 26.2 Å². The Labute approximate surface area is 105 Å². The predicted octanol–water partition coefficient (Wildman–Crippen LogP) is 1.96. The van der Waals surface area contributed by atoms with Crippen LogP contribution in [0.5, 0.6) is 5.88 Å². The molecular weight excluding hydrogens is 230 g/mol. The standard InChI is InChI=1S/C12H17N5O/c1-2-5-13-12-16-10-9(14-7-15-10)11(17-12)18-6-8-3-4-8/h7-8H,2-6H2,1H3,(H2,13,14,15,16,17). The maximum Gasteiger partial charge on any atom is 0.245 e. The molecule has 6 nitrogen and oxygen atoms in total. The van der Waals surface area contributed by atoms with Crippen molar-refractivity contribution in [1.82, 2.24) is 19.9 Å². The molecule has 0 unspecified atom stereocenters. The van der Waals surface area contributed by atoms with Crippen molar-refractivity contribution in [2.24, 2.45) is 5.92 Å². The number of fused-ring (bicyclic) bond motifs is 1. The summed E-state index contributed by atoms with van der Waals surface area (Å²) in [4.78, 5) is 15.9. The van der Waals surface area contributed by atoms with Gasteiger partial charge in [0.1, 0.15) is 5.52 Å². The number of anilines is 1. The highest BCUT2D eigenvalue weighted by molar-refractivity contribution is 5.76. The van der Waals surface area contributed by atoms with Crippen LogP contribution in [0.4, 0.5) is 5.95 Å². The molecule has 0 aromatic carbocycles. The predicted molar refractivity (Wildman–Crippen MR) is 68.7 cm³/mol. The average molecular weight is 247 g/mol. The largest absolute Gasteiger partial charge is 0.476 e. The molecule has 0 atom stereocenters. The molecule has 1 fully saturated rings. The summed E-state index contributed by atoms with van der Waals surface area (Å²) < 4.78 is 5.76. The van der Waals surface area contributed by atoms with E-state index >= 15 is 0 Å². The fourth-order valence-corrected chi connectivity index (χ4v) is 1.71. The first kappa shape index (κ1) is 11.3. The van der Waals surface area contributed by atoms with Gasteiger partial charge in [0.15, 0.2) is 5.65 Å². The van der Waals surface area contributed by atoms with Crippen LogP contribution >= 0.6 is 0 Å². The lowest BCUT2D eigenvalue weighted by Gasteiger charge is -2.07. The van der Waals surface area contributed by atoms with Gasteiger partial charge in [-0.25, -0.2) is 4.98 Å². The summed E-state index contributed by atoms with van der Waals surface area (Å²) in [5, 5.41) is 3.16. The van der Waals surface area contributed by atoms with E-state index in [0.29, 0.717) is 23.4 Å². The first-order valence-electron chi connectivity index (χ1n) is 6.44. The number of H-pyrrole nitrogens is 1. The second-order valence-corrected chi connectivity index (χ2v) is 4.63. The van der Waals surface area contributed by atoms with Gasteiger partial charge in [-0.05, 0) is 25.2 Å². The van der Waals surface area contributed by atoms with Crippen LogP contribution in [0.2, 0.25) is 0 Å². The highest BCUT2D eigenvalue weighted by Crippen LogP contribution is 2.30. The number of aromatic amines is 1. The van der Waals surface area contributed by atoms with E-state index in [9.17, 15) is 0 Å². The zero-order chi connectivity index (χ0) is 12.4. The molecule has 0 bridgehead atoms. The quantitative estimate of drug-likeness (QED) is 0.816. The van der Waals surface area contributed by atoms with Crippen LogP contribution in [0.25, 0.3) is 11.2 Å². The number of rotatable bonds is 6. The van der Waals surface area contributed by atoms with Gasteiger partial charge in [0.2, 0.25) is 11.8 Å². The fourth-order valence-electron chi connectivity index (χ4n) is 1.71. The Morgan fingerprint density at radius 1 is 1.44 bits per heavy atom. The number of ether oxygens (including phenoxy) is 1. The Bertz CT molecular complexity index is 534. The monoisotopic (exact) mass is 247 g/mol. The van der Waals surface area contributed by atoms with Gasteiger partial charge in [0, 0.05) is 6.54 Å². The molecular formula is C12H17N5O. The van der Waals surface area contributed by atoms with Crippen molar-refractivity contribution in [3.8, 4) is 5.88 Å². The first-order chi connectivity index (χ1) is 8.86. The summed E-state index contributed by atoms with van der Waals surface area (Å²) in [6.45, 7) is 3.68. The molecule has 1 aliphatic carbocycles. The Kier molecular flexibility index (Phi) is 3.00. The zero-order valence-corrected chi connectivity index (χ0v) is 10.4. The van der Waals surface area contributed by atoms with Crippen molar-refractivity contribution < 1.29 is 4.74 Å². The van der Waals surface area contributed by atoms with E-state index in [4.69, 9.17) is 4.74 Å². The van der Waals surface area contributed by atoms with Crippen LogP contribution < -0.4 is 10.1 Å². The molecule has 0 saturated heterocycles. The zero-order valence-electron chi connectivity index (χ0n) is 10.4. The molecule has 96 valence electrons. The summed E-state index contributed by atoms with van der Waals surface area (Å²) in [6.07, 6.45) is 5.17. The topological polar surface area (TPSA) is 75.7 Å². The normalized spacial score (nSPS) is 14.9. The van der Waals surface area contributed by atoms with Crippen LogP contribution in [0, 0.1) is 5.92 Å². The van der Waals surface area contributed by atoms with E-state index in [-0.39, 0.29) is 0 Å². The molecule has 6 heteroatoms. The Hall–Kier alpha value is -1.85. The van der Waals surface area contributed by atoms with Gasteiger partial charge in [-0.2, -0.15) is 9.97 Å². The van der Waals surface area contributed by atoms with Gasteiger partial charge in [-0.1, -0.05) is 6.92 Å². The molecule has 2 aromatic heterocycles. The third-order valence-electron chi connectivity index (χ3n) is 2.94. The van der Waals surface area contributed by atoms with E-state index in [1.807, 2.05) is 0 Å². The number of imidazole rings is 1. The number of hydrogen-bond acceptors (Lipinski definition) is 5. The minimum atomic E-state index is 0.585. The highest BCUT2D eigenvalue weighted by atomic mass is 16.5. The van der Waals surface area contributed by atoms with Gasteiger partial charge in [0.05, 0.1) is 12.9 Å². The van der Waals surface area contributed by atoms with Crippen molar-refractivity contribution in [3.05, 3.63) is 6.33 Å². The van der Waals surface area contributed by atoms with Crippen molar-refractivity contribution >= 4 is 17.1 Å². The molecule has 1 aliphatic rings. The van der Waals surface area contributed by atoms with Gasteiger partial charge in [0.25, 0.3) is 0 Å². The summed E-state index contributed by atoms with van der Waals surface area (Å²) >= 11 is 0. The maximum atomic E-state index is 5.76. The Morgan fingerprint density at radius 3 is 3.11 bits per heavy atom. The summed E-state index contributed by atoms with van der Waals surface area (Å²) in [6, 6.07) is 0. The van der Waals surface area contributed by atoms with E-state index < -0.39 is 0 Å². The SMILES string of the molecule is CCCNc1nc(OCC2CC2)c2[nH]cnc2n1. The van der Waals surface area contributed by atoms with E-state index in [1.165, 1.54) is 12.8 Å². The molecule has 1 saturated carbocycles. The molecule has 0 aliphatic heterocycles. The molecule has 2 N–H and O–H groups in total. The van der Waals surface area contributed by atoms with E-state index in [0.717, 1.165) is 25.1 Å². The molecule has 2 aromatic rings. The summed E-state index contributed by atoms with van der Waals surface area (Å²) in [7, 11) is 0. The Balaban J connectivity index is 1.84.